The van der Waals surface area contributed by atoms with Crippen molar-refractivity contribution in [1.29, 1.82) is 0 Å². The molecular weight excluding hydrogens is 368 g/mol. The highest BCUT2D eigenvalue weighted by atomic mass is 32.2. The normalized spacial score (nSPS) is 12.1. The second-order valence-electron chi connectivity index (χ2n) is 5.67. The highest BCUT2D eigenvalue weighted by Gasteiger charge is 2.22. The Morgan fingerprint density at radius 1 is 1.33 bits per heavy atom. The molecule has 1 atom stereocenters. The van der Waals surface area contributed by atoms with Crippen LogP contribution in [0, 0.1) is 0 Å². The van der Waals surface area contributed by atoms with Gasteiger partial charge in [0.15, 0.2) is 5.16 Å². The third kappa shape index (κ3) is 3.43. The maximum absolute atomic E-state index is 12.7. The summed E-state index contributed by atoms with van der Waals surface area (Å²) in [5.41, 5.74) is 0.455. The molecule has 0 fully saturated rings. The van der Waals surface area contributed by atoms with E-state index in [1.54, 1.807) is 35.6 Å². The number of aromatic nitrogens is 4. The molecule has 1 aromatic carbocycles. The number of hydrogen-bond donors (Lipinski definition) is 2. The van der Waals surface area contributed by atoms with Crippen LogP contribution in [0.4, 0.5) is 4.79 Å². The first-order chi connectivity index (χ1) is 13.0. The number of rotatable bonds is 5. The molecule has 0 bridgehead atoms. The Labute approximate surface area is 158 Å². The molecule has 0 saturated carbocycles. The van der Waals surface area contributed by atoms with Gasteiger partial charge in [-0.05, 0) is 19.1 Å². The number of nitrogens with one attached hydrogen (secondary N) is 2. The third-order valence-electron chi connectivity index (χ3n) is 3.91. The molecule has 9 nitrogen and oxygen atoms in total. The van der Waals surface area contributed by atoms with Crippen molar-refractivity contribution in [3.8, 4) is 0 Å². The van der Waals surface area contributed by atoms with E-state index in [1.165, 1.54) is 11.6 Å². The van der Waals surface area contributed by atoms with Gasteiger partial charge >= 0.3 is 6.03 Å². The van der Waals surface area contributed by atoms with Crippen LogP contribution in [0.25, 0.3) is 16.7 Å². The highest BCUT2D eigenvalue weighted by Crippen LogP contribution is 2.25. The second kappa shape index (κ2) is 7.62. The number of hydrogen-bond acceptors (Lipinski definition) is 6. The van der Waals surface area contributed by atoms with E-state index < -0.39 is 17.2 Å². The molecule has 0 spiro atoms. The first-order valence-electron chi connectivity index (χ1n) is 8.14. The monoisotopic (exact) mass is 386 g/mol. The molecule has 0 aliphatic carbocycles. The minimum absolute atomic E-state index is 0.188. The average molecular weight is 386 g/mol. The molecule has 0 unspecified atom stereocenters. The first kappa shape index (κ1) is 18.6. The van der Waals surface area contributed by atoms with Gasteiger partial charge in [0.05, 0.1) is 16.2 Å². The minimum Gasteiger partial charge on any atom is -0.341 e. The molecule has 0 radical (unpaired) electrons. The molecule has 0 saturated heterocycles. The van der Waals surface area contributed by atoms with E-state index in [9.17, 15) is 14.4 Å². The van der Waals surface area contributed by atoms with E-state index in [2.05, 4.69) is 27.4 Å². The van der Waals surface area contributed by atoms with E-state index >= 15 is 0 Å². The quantitative estimate of drug-likeness (QED) is 0.503. The maximum Gasteiger partial charge on any atom is 0.321 e. The predicted octanol–water partition coefficient (Wildman–Crippen LogP) is 1.17. The van der Waals surface area contributed by atoms with Gasteiger partial charge in [0.1, 0.15) is 0 Å². The number of imide groups is 1. The number of urea groups is 1. The van der Waals surface area contributed by atoms with E-state index in [0.29, 0.717) is 21.8 Å². The number of nitrogens with zero attached hydrogens (tertiary/aromatic N) is 4. The molecule has 3 amide bonds. The van der Waals surface area contributed by atoms with Crippen LogP contribution in [0.1, 0.15) is 6.92 Å². The number of carbonyl (C=O) groups excluding carboxylic acids is 2. The van der Waals surface area contributed by atoms with Crippen LogP contribution < -0.4 is 16.2 Å². The largest absolute Gasteiger partial charge is 0.341 e. The molecule has 3 rings (SSSR count). The second-order valence-corrected chi connectivity index (χ2v) is 6.98. The highest BCUT2D eigenvalue weighted by molar-refractivity contribution is 8.00. The number of para-hydroxylation sites is 1. The van der Waals surface area contributed by atoms with E-state index in [0.717, 1.165) is 11.8 Å². The minimum atomic E-state index is -0.603. The van der Waals surface area contributed by atoms with Crippen molar-refractivity contribution in [2.45, 2.75) is 23.9 Å². The SMILES string of the molecule is C=CCn1c(=O)c2ccccc2n2c(S[C@@H](C)C(=O)NC(=O)NC)nnc12. The van der Waals surface area contributed by atoms with Crippen LogP contribution >= 0.6 is 11.8 Å². The molecule has 0 aliphatic heterocycles. The van der Waals surface area contributed by atoms with Gasteiger partial charge < -0.3 is 5.32 Å². The summed E-state index contributed by atoms with van der Waals surface area (Å²) in [5.74, 6) is -0.0974. The summed E-state index contributed by atoms with van der Waals surface area (Å²) < 4.78 is 3.20. The first-order valence-corrected chi connectivity index (χ1v) is 9.02. The van der Waals surface area contributed by atoms with Crippen LogP contribution in [0.2, 0.25) is 0 Å². The average Bonchev–Trinajstić information content (AvgIpc) is 3.08. The fraction of sp³-hybridized carbons (Fsp3) is 0.235. The summed E-state index contributed by atoms with van der Waals surface area (Å²) in [5, 5.41) is 13.2. The smallest absolute Gasteiger partial charge is 0.321 e. The van der Waals surface area contributed by atoms with Gasteiger partial charge in [0.25, 0.3) is 5.56 Å². The van der Waals surface area contributed by atoms with E-state index in [-0.39, 0.29) is 12.1 Å². The van der Waals surface area contributed by atoms with Crippen molar-refractivity contribution < 1.29 is 9.59 Å². The summed E-state index contributed by atoms with van der Waals surface area (Å²) in [4.78, 5) is 36.2. The number of allylic oxidation sites excluding steroid dienone is 1. The zero-order chi connectivity index (χ0) is 19.6. The van der Waals surface area contributed by atoms with Crippen molar-refractivity contribution in [2.24, 2.45) is 0 Å². The van der Waals surface area contributed by atoms with E-state index in [1.807, 2.05) is 6.07 Å². The number of amides is 3. The zero-order valence-corrected chi connectivity index (χ0v) is 15.6. The van der Waals surface area contributed by atoms with Gasteiger partial charge in [-0.1, -0.05) is 30.0 Å². The zero-order valence-electron chi connectivity index (χ0n) is 14.8. The summed E-state index contributed by atoms with van der Waals surface area (Å²) in [6, 6.07) is 6.54. The summed E-state index contributed by atoms with van der Waals surface area (Å²) >= 11 is 1.14. The van der Waals surface area contributed by atoms with E-state index in [4.69, 9.17) is 0 Å². The van der Waals surface area contributed by atoms with Gasteiger partial charge in [-0.15, -0.1) is 16.8 Å². The topological polar surface area (TPSA) is 110 Å². The van der Waals surface area contributed by atoms with Gasteiger partial charge in [-0.3, -0.25) is 23.9 Å². The Balaban J connectivity index is 2.10. The summed E-state index contributed by atoms with van der Waals surface area (Å²) in [6.45, 7) is 5.62. The molecule has 140 valence electrons. The molecule has 27 heavy (non-hydrogen) atoms. The lowest BCUT2D eigenvalue weighted by atomic mass is 10.2. The Morgan fingerprint density at radius 2 is 2.07 bits per heavy atom. The van der Waals surface area contributed by atoms with Crippen LogP contribution in [0.3, 0.4) is 0 Å². The van der Waals surface area contributed by atoms with Gasteiger partial charge in [0, 0.05) is 13.6 Å². The lowest BCUT2D eigenvalue weighted by Gasteiger charge is -2.12. The van der Waals surface area contributed by atoms with Crippen molar-refractivity contribution in [1.82, 2.24) is 29.8 Å². The Kier molecular flexibility index (Phi) is 5.26. The Morgan fingerprint density at radius 3 is 2.78 bits per heavy atom. The summed E-state index contributed by atoms with van der Waals surface area (Å²) in [7, 11) is 1.43. The fourth-order valence-corrected chi connectivity index (χ4v) is 3.45. The number of carbonyl (C=O) groups is 2. The molecule has 0 aliphatic rings. The van der Waals surface area contributed by atoms with Crippen LogP contribution in [-0.4, -0.2) is 43.4 Å². The molecular formula is C17H18N6O3S. The van der Waals surface area contributed by atoms with Gasteiger partial charge in [0.2, 0.25) is 11.7 Å². The molecule has 2 aromatic heterocycles. The lowest BCUT2D eigenvalue weighted by Crippen LogP contribution is -2.41. The van der Waals surface area contributed by atoms with Crippen molar-refractivity contribution in [3.05, 3.63) is 47.3 Å². The number of fused-ring (bicyclic) bond motifs is 3. The molecule has 2 heterocycles. The lowest BCUT2D eigenvalue weighted by molar-refractivity contribution is -0.119. The van der Waals surface area contributed by atoms with Crippen molar-refractivity contribution in [3.63, 3.8) is 0 Å². The molecule has 10 heteroatoms. The fourth-order valence-electron chi connectivity index (χ4n) is 2.59. The Hall–Kier alpha value is -3.14. The van der Waals surface area contributed by atoms with Crippen LogP contribution in [0.5, 0.6) is 0 Å². The molecule has 2 N–H and O–H groups in total. The summed E-state index contributed by atoms with van der Waals surface area (Å²) in [6.07, 6.45) is 1.61. The molecule has 3 aromatic rings. The standard InChI is InChI=1S/C17H18N6O3S/c1-4-9-22-14(25)11-7-5-6-8-12(11)23-16(22)20-21-17(23)27-10(2)13(24)19-15(26)18-3/h4-8,10H,1,9H2,2-3H3,(H2,18,19,24,26)/t10-/m0/s1. The third-order valence-corrected chi connectivity index (χ3v) is 4.95. The number of benzene rings is 1. The Bertz CT molecular complexity index is 1100. The van der Waals surface area contributed by atoms with Gasteiger partial charge in [-0.2, -0.15) is 0 Å². The van der Waals surface area contributed by atoms with Gasteiger partial charge in [-0.25, -0.2) is 4.79 Å². The maximum atomic E-state index is 12.7. The predicted molar refractivity (Wildman–Crippen MR) is 103 cm³/mol. The number of thioether (sulfide) groups is 1. The van der Waals surface area contributed by atoms with Crippen LogP contribution in [0.15, 0.2) is 46.9 Å². The van der Waals surface area contributed by atoms with Crippen LogP contribution in [-0.2, 0) is 11.3 Å². The van der Waals surface area contributed by atoms with Crippen molar-refractivity contribution >= 4 is 40.4 Å². The van der Waals surface area contributed by atoms with Crippen molar-refractivity contribution in [2.75, 3.05) is 7.05 Å².